The van der Waals surface area contributed by atoms with E-state index in [0.29, 0.717) is 5.92 Å². The third-order valence-corrected chi connectivity index (χ3v) is 4.47. The van der Waals surface area contributed by atoms with Gasteiger partial charge in [-0.1, -0.05) is 32.1 Å². The van der Waals surface area contributed by atoms with E-state index >= 15 is 0 Å². The summed E-state index contributed by atoms with van der Waals surface area (Å²) >= 11 is 3.31. The predicted octanol–water partition coefficient (Wildman–Crippen LogP) is 3.92. The molecule has 0 fully saturated rings. The molecule has 2 aromatic rings. The van der Waals surface area contributed by atoms with Crippen LogP contribution in [0.3, 0.4) is 0 Å². The lowest BCUT2D eigenvalue weighted by atomic mass is 10.1. The van der Waals surface area contributed by atoms with Crippen LogP contribution in [0.15, 0.2) is 0 Å². The van der Waals surface area contributed by atoms with Crippen LogP contribution in [-0.2, 0) is 0 Å². The summed E-state index contributed by atoms with van der Waals surface area (Å²) in [5.41, 5.74) is 1.13. The zero-order valence-electron chi connectivity index (χ0n) is 11.1. The monoisotopic (exact) mass is 282 g/mol. The molecule has 98 valence electrons. The highest BCUT2D eigenvalue weighted by Crippen LogP contribution is 2.36. The van der Waals surface area contributed by atoms with Crippen LogP contribution in [0.25, 0.3) is 9.88 Å². The lowest BCUT2D eigenvalue weighted by molar-refractivity contribution is 0.830. The van der Waals surface area contributed by atoms with Crippen molar-refractivity contribution in [1.29, 1.82) is 0 Å². The largest absolute Gasteiger partial charge is 0.360 e. The zero-order chi connectivity index (χ0) is 13.1. The Bertz CT molecular complexity index is 516. The van der Waals surface area contributed by atoms with Crippen molar-refractivity contribution in [2.75, 3.05) is 11.9 Å². The highest BCUT2D eigenvalue weighted by molar-refractivity contribution is 7.23. The fraction of sp³-hybridized carbons (Fsp3) is 0.583. The van der Waals surface area contributed by atoms with Crippen molar-refractivity contribution in [1.82, 2.24) is 15.2 Å². The number of rotatable bonds is 5. The Balaban J connectivity index is 2.28. The molecule has 0 aliphatic heterocycles. The molecule has 0 atom stereocenters. The molecule has 18 heavy (non-hydrogen) atoms. The van der Waals surface area contributed by atoms with Gasteiger partial charge in [0.1, 0.15) is 0 Å². The molecular formula is C12H18N4S2. The normalized spacial score (nSPS) is 11.2. The lowest BCUT2D eigenvalue weighted by Crippen LogP contribution is -1.98. The van der Waals surface area contributed by atoms with E-state index in [-0.39, 0.29) is 0 Å². The van der Waals surface area contributed by atoms with Crippen LogP contribution in [-0.4, -0.2) is 21.7 Å². The summed E-state index contributed by atoms with van der Waals surface area (Å²) in [6.07, 6.45) is 1.09. The Labute approximate surface area is 116 Å². The number of anilines is 1. The van der Waals surface area contributed by atoms with Crippen LogP contribution >= 0.6 is 22.7 Å². The van der Waals surface area contributed by atoms with Crippen LogP contribution < -0.4 is 5.32 Å². The Kier molecular flexibility index (Phi) is 4.29. The smallest absolute Gasteiger partial charge is 0.206 e. The van der Waals surface area contributed by atoms with Crippen LogP contribution in [0, 0.1) is 6.92 Å². The van der Waals surface area contributed by atoms with Gasteiger partial charge in [0.15, 0.2) is 5.01 Å². The number of aromatic nitrogens is 3. The van der Waals surface area contributed by atoms with Gasteiger partial charge in [-0.3, -0.25) is 0 Å². The quantitative estimate of drug-likeness (QED) is 0.903. The first kappa shape index (κ1) is 13.4. The molecule has 0 bridgehead atoms. The topological polar surface area (TPSA) is 50.7 Å². The summed E-state index contributed by atoms with van der Waals surface area (Å²) in [6, 6.07) is 0. The summed E-state index contributed by atoms with van der Waals surface area (Å²) in [5, 5.41) is 14.7. The van der Waals surface area contributed by atoms with E-state index < -0.39 is 0 Å². The van der Waals surface area contributed by atoms with Gasteiger partial charge in [0.05, 0.1) is 15.6 Å². The molecule has 0 radical (unpaired) electrons. The van der Waals surface area contributed by atoms with Crippen molar-refractivity contribution < 1.29 is 0 Å². The van der Waals surface area contributed by atoms with E-state index in [1.165, 1.54) is 4.88 Å². The van der Waals surface area contributed by atoms with Crippen molar-refractivity contribution in [3.05, 3.63) is 10.7 Å². The minimum absolute atomic E-state index is 0.418. The van der Waals surface area contributed by atoms with E-state index in [2.05, 4.69) is 41.3 Å². The maximum Gasteiger partial charge on any atom is 0.206 e. The molecule has 0 aliphatic carbocycles. The SMILES string of the molecule is CCCNc1nnc(-c2sc(C)nc2C(C)C)s1. The van der Waals surface area contributed by atoms with Gasteiger partial charge in [-0.2, -0.15) is 0 Å². The molecule has 6 heteroatoms. The van der Waals surface area contributed by atoms with Gasteiger partial charge >= 0.3 is 0 Å². The van der Waals surface area contributed by atoms with Crippen molar-refractivity contribution in [2.45, 2.75) is 40.0 Å². The van der Waals surface area contributed by atoms with E-state index in [4.69, 9.17) is 0 Å². The van der Waals surface area contributed by atoms with Crippen molar-refractivity contribution >= 4 is 27.8 Å². The van der Waals surface area contributed by atoms with Crippen molar-refractivity contribution in [3.8, 4) is 9.88 Å². The maximum atomic E-state index is 4.59. The molecule has 0 saturated heterocycles. The van der Waals surface area contributed by atoms with E-state index in [9.17, 15) is 0 Å². The molecular weight excluding hydrogens is 264 g/mol. The second-order valence-corrected chi connectivity index (χ2v) is 6.62. The highest BCUT2D eigenvalue weighted by atomic mass is 32.1. The van der Waals surface area contributed by atoms with Gasteiger partial charge in [-0.05, 0) is 19.3 Å². The van der Waals surface area contributed by atoms with E-state index in [0.717, 1.165) is 33.8 Å². The van der Waals surface area contributed by atoms with Gasteiger partial charge in [0.25, 0.3) is 0 Å². The number of thiazole rings is 1. The van der Waals surface area contributed by atoms with Gasteiger partial charge < -0.3 is 5.32 Å². The van der Waals surface area contributed by atoms with Crippen LogP contribution in [0.2, 0.25) is 0 Å². The molecule has 2 aromatic heterocycles. The maximum absolute atomic E-state index is 4.59. The Hall–Kier alpha value is -1.01. The Morgan fingerprint density at radius 2 is 2.00 bits per heavy atom. The standard InChI is InChI=1S/C12H18N4S2/c1-5-6-13-12-16-15-11(18-12)10-9(7(2)3)14-8(4)17-10/h7H,5-6H2,1-4H3,(H,13,16). The Morgan fingerprint density at radius 3 is 2.67 bits per heavy atom. The van der Waals surface area contributed by atoms with Gasteiger partial charge in [0.2, 0.25) is 5.13 Å². The second kappa shape index (κ2) is 5.75. The second-order valence-electron chi connectivity index (χ2n) is 4.44. The first-order valence-electron chi connectivity index (χ1n) is 6.16. The molecule has 0 aromatic carbocycles. The fourth-order valence-corrected chi connectivity index (χ4v) is 3.53. The molecule has 0 spiro atoms. The number of hydrogen-bond acceptors (Lipinski definition) is 6. The summed E-state index contributed by atoms with van der Waals surface area (Å²) in [7, 11) is 0. The van der Waals surface area contributed by atoms with Gasteiger partial charge in [0, 0.05) is 6.54 Å². The highest BCUT2D eigenvalue weighted by Gasteiger charge is 2.17. The summed E-state index contributed by atoms with van der Waals surface area (Å²) in [6.45, 7) is 9.44. The number of aryl methyl sites for hydroxylation is 1. The van der Waals surface area contributed by atoms with E-state index in [1.807, 2.05) is 6.92 Å². The van der Waals surface area contributed by atoms with Crippen molar-refractivity contribution in [2.24, 2.45) is 0 Å². The molecule has 0 amide bonds. The molecule has 1 N–H and O–H groups in total. The first-order valence-corrected chi connectivity index (χ1v) is 7.80. The average Bonchev–Trinajstić information content (AvgIpc) is 2.92. The minimum Gasteiger partial charge on any atom is -0.360 e. The minimum atomic E-state index is 0.418. The van der Waals surface area contributed by atoms with E-state index in [1.54, 1.807) is 22.7 Å². The molecule has 0 unspecified atom stereocenters. The first-order chi connectivity index (χ1) is 8.61. The Morgan fingerprint density at radius 1 is 1.22 bits per heavy atom. The average molecular weight is 282 g/mol. The van der Waals surface area contributed by atoms with Gasteiger partial charge in [-0.15, -0.1) is 21.5 Å². The van der Waals surface area contributed by atoms with Crippen molar-refractivity contribution in [3.63, 3.8) is 0 Å². The lowest BCUT2D eigenvalue weighted by Gasteiger charge is -2.01. The summed E-state index contributed by atoms with van der Waals surface area (Å²) < 4.78 is 0. The molecule has 0 aliphatic rings. The van der Waals surface area contributed by atoms with Crippen LogP contribution in [0.1, 0.15) is 43.8 Å². The van der Waals surface area contributed by atoms with Crippen LogP contribution in [0.4, 0.5) is 5.13 Å². The molecule has 4 nitrogen and oxygen atoms in total. The zero-order valence-corrected chi connectivity index (χ0v) is 12.8. The summed E-state index contributed by atoms with van der Waals surface area (Å²) in [4.78, 5) is 5.77. The molecule has 0 saturated carbocycles. The third-order valence-electron chi connectivity index (χ3n) is 2.45. The molecule has 2 rings (SSSR count). The molecule has 2 heterocycles. The fourth-order valence-electron chi connectivity index (χ4n) is 1.61. The predicted molar refractivity (Wildman–Crippen MR) is 78.6 cm³/mol. The third kappa shape index (κ3) is 2.87. The number of hydrogen-bond donors (Lipinski definition) is 1. The number of nitrogens with zero attached hydrogens (tertiary/aromatic N) is 3. The van der Waals surface area contributed by atoms with Crippen LogP contribution in [0.5, 0.6) is 0 Å². The summed E-state index contributed by atoms with van der Waals surface area (Å²) in [5.74, 6) is 0.418. The van der Waals surface area contributed by atoms with Gasteiger partial charge in [-0.25, -0.2) is 4.98 Å². The number of nitrogens with one attached hydrogen (secondary N) is 1.